The lowest BCUT2D eigenvalue weighted by Gasteiger charge is -2.35. The average molecular weight is 282 g/mol. The van der Waals surface area contributed by atoms with Gasteiger partial charge in [0.15, 0.2) is 11.5 Å². The van der Waals surface area contributed by atoms with E-state index in [-0.39, 0.29) is 0 Å². The number of nitrogens with zero attached hydrogens (tertiary/aromatic N) is 7. The molecule has 4 heterocycles. The van der Waals surface area contributed by atoms with Crippen molar-refractivity contribution in [3.8, 4) is 0 Å². The van der Waals surface area contributed by atoms with Crippen LogP contribution in [-0.4, -0.2) is 56.1 Å². The molecule has 1 saturated heterocycles. The molecule has 106 valence electrons. The predicted molar refractivity (Wildman–Crippen MR) is 78.1 cm³/mol. The SMILES string of the molecule is c1cnc(N2CCN(c3ncnc4nc[nH]c34)CC2)nc1. The zero-order valence-corrected chi connectivity index (χ0v) is 11.3. The topological polar surface area (TPSA) is 86.7 Å². The summed E-state index contributed by atoms with van der Waals surface area (Å²) < 4.78 is 0. The minimum Gasteiger partial charge on any atom is -0.351 e. The summed E-state index contributed by atoms with van der Waals surface area (Å²) in [5.41, 5.74) is 1.59. The van der Waals surface area contributed by atoms with Crippen molar-refractivity contribution in [3.63, 3.8) is 0 Å². The number of imidazole rings is 1. The van der Waals surface area contributed by atoms with E-state index in [2.05, 4.69) is 39.7 Å². The zero-order chi connectivity index (χ0) is 14.1. The van der Waals surface area contributed by atoms with Crippen LogP contribution in [0, 0.1) is 0 Å². The molecule has 0 unspecified atom stereocenters. The monoisotopic (exact) mass is 282 g/mol. The fourth-order valence-corrected chi connectivity index (χ4v) is 2.56. The van der Waals surface area contributed by atoms with Gasteiger partial charge in [-0.25, -0.2) is 24.9 Å². The first-order valence-corrected chi connectivity index (χ1v) is 6.83. The lowest BCUT2D eigenvalue weighted by atomic mass is 10.3. The Labute approximate surface area is 120 Å². The van der Waals surface area contributed by atoms with E-state index < -0.39 is 0 Å². The summed E-state index contributed by atoms with van der Waals surface area (Å²) in [6, 6.07) is 1.83. The van der Waals surface area contributed by atoms with Crippen LogP contribution >= 0.6 is 0 Å². The standard InChI is InChI=1S/C13H14N8/c1-2-14-13(15-3-1)21-6-4-20(5-7-21)12-10-11(17-8-16-10)18-9-19-12/h1-3,8-9H,4-7H2,(H,16,17,18,19). The molecule has 0 atom stereocenters. The maximum Gasteiger partial charge on any atom is 0.225 e. The van der Waals surface area contributed by atoms with Crippen molar-refractivity contribution in [1.29, 1.82) is 0 Å². The van der Waals surface area contributed by atoms with Crippen molar-refractivity contribution in [2.75, 3.05) is 36.0 Å². The smallest absolute Gasteiger partial charge is 0.225 e. The molecule has 1 aliphatic heterocycles. The molecule has 1 fully saturated rings. The van der Waals surface area contributed by atoms with Gasteiger partial charge in [0.1, 0.15) is 11.8 Å². The van der Waals surface area contributed by atoms with Crippen LogP contribution in [0.15, 0.2) is 31.1 Å². The number of nitrogens with one attached hydrogen (secondary N) is 1. The van der Waals surface area contributed by atoms with E-state index in [0.717, 1.165) is 43.5 Å². The van der Waals surface area contributed by atoms with Gasteiger partial charge in [-0.15, -0.1) is 0 Å². The number of rotatable bonds is 2. The molecule has 0 saturated carbocycles. The Morgan fingerprint density at radius 2 is 1.62 bits per heavy atom. The van der Waals surface area contributed by atoms with Crippen LogP contribution < -0.4 is 9.80 Å². The molecule has 0 bridgehead atoms. The van der Waals surface area contributed by atoms with Crippen LogP contribution in [0.5, 0.6) is 0 Å². The van der Waals surface area contributed by atoms with Crippen LogP contribution in [-0.2, 0) is 0 Å². The van der Waals surface area contributed by atoms with Gasteiger partial charge in [0.05, 0.1) is 6.33 Å². The van der Waals surface area contributed by atoms with Gasteiger partial charge >= 0.3 is 0 Å². The molecule has 1 N–H and O–H groups in total. The third-order valence-electron chi connectivity index (χ3n) is 3.62. The molecular weight excluding hydrogens is 268 g/mol. The number of piperazine rings is 1. The highest BCUT2D eigenvalue weighted by Crippen LogP contribution is 2.21. The van der Waals surface area contributed by atoms with Gasteiger partial charge in [-0.3, -0.25) is 0 Å². The van der Waals surface area contributed by atoms with Crippen LogP contribution in [0.2, 0.25) is 0 Å². The molecule has 3 aromatic rings. The Balaban J connectivity index is 1.54. The lowest BCUT2D eigenvalue weighted by Crippen LogP contribution is -2.47. The molecule has 8 heteroatoms. The summed E-state index contributed by atoms with van der Waals surface area (Å²) >= 11 is 0. The fraction of sp³-hybridized carbons (Fsp3) is 0.308. The normalized spacial score (nSPS) is 15.6. The predicted octanol–water partition coefficient (Wildman–Crippen LogP) is 0.469. The van der Waals surface area contributed by atoms with E-state index >= 15 is 0 Å². The number of anilines is 2. The summed E-state index contributed by atoms with van der Waals surface area (Å²) in [7, 11) is 0. The second-order valence-corrected chi connectivity index (χ2v) is 4.82. The highest BCUT2D eigenvalue weighted by atomic mass is 15.3. The average Bonchev–Trinajstić information content (AvgIpc) is 3.04. The first-order valence-electron chi connectivity index (χ1n) is 6.83. The van der Waals surface area contributed by atoms with Gasteiger partial charge in [0.25, 0.3) is 0 Å². The molecule has 0 spiro atoms. The largest absolute Gasteiger partial charge is 0.351 e. The number of aromatic amines is 1. The minimum absolute atomic E-state index is 0.703. The van der Waals surface area contributed by atoms with Gasteiger partial charge in [0.2, 0.25) is 5.95 Å². The number of hydrogen-bond acceptors (Lipinski definition) is 7. The van der Waals surface area contributed by atoms with E-state index in [9.17, 15) is 0 Å². The molecule has 3 aromatic heterocycles. The maximum absolute atomic E-state index is 4.39. The molecule has 8 nitrogen and oxygen atoms in total. The third kappa shape index (κ3) is 2.14. The number of H-pyrrole nitrogens is 1. The van der Waals surface area contributed by atoms with Crippen LogP contribution in [0.25, 0.3) is 11.2 Å². The van der Waals surface area contributed by atoms with Crippen molar-refractivity contribution >= 4 is 22.9 Å². The van der Waals surface area contributed by atoms with Gasteiger partial charge in [-0.2, -0.15) is 0 Å². The summed E-state index contributed by atoms with van der Waals surface area (Å²) in [5, 5.41) is 0. The molecule has 0 amide bonds. The highest BCUT2D eigenvalue weighted by molar-refractivity contribution is 5.82. The molecule has 0 radical (unpaired) electrons. The van der Waals surface area contributed by atoms with E-state index in [4.69, 9.17) is 0 Å². The molecule has 4 rings (SSSR count). The van der Waals surface area contributed by atoms with Gasteiger partial charge in [-0.1, -0.05) is 0 Å². The number of hydrogen-bond donors (Lipinski definition) is 1. The van der Waals surface area contributed by atoms with Crippen molar-refractivity contribution in [1.82, 2.24) is 29.9 Å². The zero-order valence-electron chi connectivity index (χ0n) is 11.3. The van der Waals surface area contributed by atoms with Gasteiger partial charge in [-0.05, 0) is 6.07 Å². The molecule has 0 aliphatic carbocycles. The van der Waals surface area contributed by atoms with E-state index in [1.807, 2.05) is 6.07 Å². The van der Waals surface area contributed by atoms with Crippen molar-refractivity contribution in [2.45, 2.75) is 0 Å². The third-order valence-corrected chi connectivity index (χ3v) is 3.62. The first-order chi connectivity index (χ1) is 10.4. The quantitative estimate of drug-likeness (QED) is 0.731. The van der Waals surface area contributed by atoms with E-state index in [0.29, 0.717) is 5.65 Å². The summed E-state index contributed by atoms with van der Waals surface area (Å²) in [6.45, 7) is 3.46. The van der Waals surface area contributed by atoms with E-state index in [1.165, 1.54) is 0 Å². The van der Waals surface area contributed by atoms with Crippen LogP contribution in [0.4, 0.5) is 11.8 Å². The summed E-state index contributed by atoms with van der Waals surface area (Å²) in [4.78, 5) is 28.8. The Bertz CT molecular complexity index is 732. The summed E-state index contributed by atoms with van der Waals surface area (Å²) in [5.74, 6) is 1.69. The number of fused-ring (bicyclic) bond motifs is 1. The molecule has 21 heavy (non-hydrogen) atoms. The number of aromatic nitrogens is 6. The van der Waals surface area contributed by atoms with E-state index in [1.54, 1.807) is 25.0 Å². The summed E-state index contributed by atoms with van der Waals surface area (Å²) in [6.07, 6.45) is 6.75. The van der Waals surface area contributed by atoms with Crippen LogP contribution in [0.1, 0.15) is 0 Å². The fourth-order valence-electron chi connectivity index (χ4n) is 2.56. The highest BCUT2D eigenvalue weighted by Gasteiger charge is 2.21. The second kappa shape index (κ2) is 4.97. The molecule has 0 aromatic carbocycles. The van der Waals surface area contributed by atoms with Crippen molar-refractivity contribution < 1.29 is 0 Å². The Morgan fingerprint density at radius 1 is 0.857 bits per heavy atom. The Hall–Kier alpha value is -2.77. The van der Waals surface area contributed by atoms with Crippen LogP contribution in [0.3, 0.4) is 0 Å². The molecular formula is C13H14N8. The Kier molecular flexibility index (Phi) is 2.84. The molecule has 1 aliphatic rings. The van der Waals surface area contributed by atoms with Gasteiger partial charge < -0.3 is 14.8 Å². The lowest BCUT2D eigenvalue weighted by molar-refractivity contribution is 0.635. The van der Waals surface area contributed by atoms with Gasteiger partial charge in [0, 0.05) is 38.6 Å². The maximum atomic E-state index is 4.39. The first kappa shape index (κ1) is 12.0. The Morgan fingerprint density at radius 3 is 2.43 bits per heavy atom. The minimum atomic E-state index is 0.703. The second-order valence-electron chi connectivity index (χ2n) is 4.82. The van der Waals surface area contributed by atoms with Crippen molar-refractivity contribution in [2.24, 2.45) is 0 Å². The van der Waals surface area contributed by atoms with Crippen molar-refractivity contribution in [3.05, 3.63) is 31.1 Å².